The summed E-state index contributed by atoms with van der Waals surface area (Å²) in [6.07, 6.45) is 0.466. The van der Waals surface area contributed by atoms with Crippen LogP contribution in [0.1, 0.15) is 11.1 Å². The van der Waals surface area contributed by atoms with Crippen LogP contribution in [0.2, 0.25) is 0 Å². The van der Waals surface area contributed by atoms with E-state index in [1.165, 1.54) is 18.3 Å². The SMILES string of the molecule is Cc1cc(O)cc(O)c1/C=N/NC(=O)[C@@H]1COc2cc3ccccc3cc2O1. The second kappa shape index (κ2) is 7.11. The maximum atomic E-state index is 12.4. The molecule has 4 rings (SSSR count). The normalized spacial score (nSPS) is 15.7. The van der Waals surface area contributed by atoms with E-state index >= 15 is 0 Å². The molecule has 1 atom stereocenters. The van der Waals surface area contributed by atoms with Gasteiger partial charge >= 0.3 is 0 Å². The van der Waals surface area contributed by atoms with Gasteiger partial charge in [-0.3, -0.25) is 4.79 Å². The third-order valence-corrected chi connectivity index (χ3v) is 4.48. The topological polar surface area (TPSA) is 100 Å². The van der Waals surface area contributed by atoms with Gasteiger partial charge in [-0.2, -0.15) is 5.10 Å². The highest BCUT2D eigenvalue weighted by atomic mass is 16.6. The summed E-state index contributed by atoms with van der Waals surface area (Å²) in [4.78, 5) is 12.4. The van der Waals surface area contributed by atoms with E-state index in [0.717, 1.165) is 10.8 Å². The Morgan fingerprint density at radius 3 is 2.57 bits per heavy atom. The molecule has 1 heterocycles. The highest BCUT2D eigenvalue weighted by Crippen LogP contribution is 2.35. The molecule has 3 aromatic rings. The van der Waals surface area contributed by atoms with Gasteiger partial charge in [-0.25, -0.2) is 5.43 Å². The molecular weight excluding hydrogens is 360 g/mol. The monoisotopic (exact) mass is 378 g/mol. The van der Waals surface area contributed by atoms with E-state index in [9.17, 15) is 15.0 Å². The number of phenolic OH excluding ortho intramolecular Hbond substituents is 2. The maximum Gasteiger partial charge on any atom is 0.284 e. The number of aromatic hydroxyl groups is 2. The number of rotatable bonds is 3. The first-order chi connectivity index (χ1) is 13.5. The van der Waals surface area contributed by atoms with Crippen LogP contribution in [-0.2, 0) is 4.79 Å². The van der Waals surface area contributed by atoms with E-state index in [1.54, 1.807) is 6.92 Å². The molecule has 0 aromatic heterocycles. The summed E-state index contributed by atoms with van der Waals surface area (Å²) in [5.41, 5.74) is 3.41. The lowest BCUT2D eigenvalue weighted by Crippen LogP contribution is -2.42. The summed E-state index contributed by atoms with van der Waals surface area (Å²) in [7, 11) is 0. The quantitative estimate of drug-likeness (QED) is 0.481. The van der Waals surface area contributed by atoms with Gasteiger partial charge < -0.3 is 19.7 Å². The van der Waals surface area contributed by atoms with Crippen LogP contribution in [-0.4, -0.2) is 35.0 Å². The van der Waals surface area contributed by atoms with Gasteiger partial charge in [0.15, 0.2) is 11.5 Å². The number of nitrogens with zero attached hydrogens (tertiary/aromatic N) is 1. The van der Waals surface area contributed by atoms with Crippen LogP contribution in [0, 0.1) is 6.92 Å². The van der Waals surface area contributed by atoms with Crippen LogP contribution >= 0.6 is 0 Å². The second-order valence-electron chi connectivity index (χ2n) is 6.49. The number of amides is 1. The molecule has 3 aromatic carbocycles. The number of carbonyl (C=O) groups is 1. The molecule has 0 unspecified atom stereocenters. The molecule has 3 N–H and O–H groups in total. The van der Waals surface area contributed by atoms with E-state index in [1.807, 2.05) is 36.4 Å². The fourth-order valence-corrected chi connectivity index (χ4v) is 3.05. The molecule has 1 aliphatic rings. The summed E-state index contributed by atoms with van der Waals surface area (Å²) in [6, 6.07) is 14.2. The largest absolute Gasteiger partial charge is 0.508 e. The number of fused-ring (bicyclic) bond motifs is 2. The van der Waals surface area contributed by atoms with E-state index in [0.29, 0.717) is 22.6 Å². The smallest absolute Gasteiger partial charge is 0.284 e. The van der Waals surface area contributed by atoms with Crippen molar-refractivity contribution in [2.24, 2.45) is 5.10 Å². The van der Waals surface area contributed by atoms with Gasteiger partial charge in [0.05, 0.1) is 6.21 Å². The molecule has 0 fully saturated rings. The molecule has 0 spiro atoms. The zero-order valence-electron chi connectivity index (χ0n) is 15.0. The van der Waals surface area contributed by atoms with Gasteiger partial charge in [0.2, 0.25) is 6.10 Å². The number of phenols is 2. The van der Waals surface area contributed by atoms with Crippen molar-refractivity contribution in [3.8, 4) is 23.0 Å². The first kappa shape index (κ1) is 17.7. The van der Waals surface area contributed by atoms with Gasteiger partial charge in [0.25, 0.3) is 5.91 Å². The second-order valence-corrected chi connectivity index (χ2v) is 6.49. The molecule has 28 heavy (non-hydrogen) atoms. The number of hydrogen-bond donors (Lipinski definition) is 3. The Bertz CT molecular complexity index is 1070. The molecule has 1 amide bonds. The van der Waals surface area contributed by atoms with Crippen molar-refractivity contribution in [1.82, 2.24) is 5.43 Å². The van der Waals surface area contributed by atoms with Crippen molar-refractivity contribution in [1.29, 1.82) is 0 Å². The summed E-state index contributed by atoms with van der Waals surface area (Å²) >= 11 is 0. The van der Waals surface area contributed by atoms with Crippen LogP contribution in [0.15, 0.2) is 53.6 Å². The van der Waals surface area contributed by atoms with Gasteiger partial charge in [-0.15, -0.1) is 0 Å². The minimum atomic E-state index is -0.847. The molecular formula is C21H18N2O5. The molecule has 0 saturated heterocycles. The average Bonchev–Trinajstić information content (AvgIpc) is 2.67. The zero-order valence-corrected chi connectivity index (χ0v) is 15.0. The van der Waals surface area contributed by atoms with Crippen molar-refractivity contribution in [3.05, 3.63) is 59.7 Å². The number of aryl methyl sites for hydroxylation is 1. The first-order valence-electron chi connectivity index (χ1n) is 8.69. The average molecular weight is 378 g/mol. The number of hydrogen-bond acceptors (Lipinski definition) is 6. The number of carbonyl (C=O) groups excluding carboxylic acids is 1. The maximum absolute atomic E-state index is 12.4. The molecule has 7 heteroatoms. The highest BCUT2D eigenvalue weighted by Gasteiger charge is 2.27. The Balaban J connectivity index is 1.46. The minimum absolute atomic E-state index is 0.0462. The van der Waals surface area contributed by atoms with Crippen LogP contribution in [0.5, 0.6) is 23.0 Å². The number of benzene rings is 3. The minimum Gasteiger partial charge on any atom is -0.508 e. The third-order valence-electron chi connectivity index (χ3n) is 4.48. The third kappa shape index (κ3) is 3.42. The summed E-state index contributed by atoms with van der Waals surface area (Å²) < 4.78 is 11.5. The van der Waals surface area contributed by atoms with Crippen LogP contribution in [0.4, 0.5) is 0 Å². The first-order valence-corrected chi connectivity index (χ1v) is 8.69. The van der Waals surface area contributed by atoms with Crippen LogP contribution in [0.3, 0.4) is 0 Å². The lowest BCUT2D eigenvalue weighted by atomic mass is 10.1. The van der Waals surface area contributed by atoms with Crippen molar-refractivity contribution in [2.45, 2.75) is 13.0 Å². The molecule has 0 aliphatic carbocycles. The molecule has 142 valence electrons. The van der Waals surface area contributed by atoms with Gasteiger partial charge in [0, 0.05) is 11.6 Å². The van der Waals surface area contributed by atoms with Crippen molar-refractivity contribution in [2.75, 3.05) is 6.61 Å². The van der Waals surface area contributed by atoms with E-state index in [-0.39, 0.29) is 18.1 Å². The summed E-state index contributed by atoms with van der Waals surface area (Å²) in [5.74, 6) is 0.451. The lowest BCUT2D eigenvalue weighted by Gasteiger charge is -2.25. The molecule has 0 radical (unpaired) electrons. The molecule has 0 bridgehead atoms. The fourth-order valence-electron chi connectivity index (χ4n) is 3.05. The van der Waals surface area contributed by atoms with Crippen molar-refractivity contribution < 1.29 is 24.5 Å². The Morgan fingerprint density at radius 1 is 1.14 bits per heavy atom. The van der Waals surface area contributed by atoms with Gasteiger partial charge in [0.1, 0.15) is 18.1 Å². The Hall–Kier alpha value is -3.74. The fraction of sp³-hybridized carbons (Fsp3) is 0.143. The van der Waals surface area contributed by atoms with E-state index < -0.39 is 12.0 Å². The molecule has 0 saturated carbocycles. The zero-order chi connectivity index (χ0) is 19.7. The predicted octanol–water partition coefficient (Wildman–Crippen LogP) is 2.85. The number of nitrogens with one attached hydrogen (secondary N) is 1. The van der Waals surface area contributed by atoms with Gasteiger partial charge in [-0.05, 0) is 41.5 Å². The summed E-state index contributed by atoms with van der Waals surface area (Å²) in [6.45, 7) is 1.78. The Morgan fingerprint density at radius 2 is 1.86 bits per heavy atom. The molecule has 1 aliphatic heterocycles. The van der Waals surface area contributed by atoms with E-state index in [4.69, 9.17) is 9.47 Å². The predicted molar refractivity (Wildman–Crippen MR) is 104 cm³/mol. The lowest BCUT2D eigenvalue weighted by molar-refractivity contribution is -0.130. The Kier molecular flexibility index (Phi) is 4.49. The summed E-state index contributed by atoms with van der Waals surface area (Å²) in [5, 5.41) is 25.2. The highest BCUT2D eigenvalue weighted by molar-refractivity contribution is 5.89. The van der Waals surface area contributed by atoms with Gasteiger partial charge in [-0.1, -0.05) is 24.3 Å². The number of ether oxygens (including phenoxy) is 2. The Labute approximate surface area is 160 Å². The number of hydrazone groups is 1. The molecule has 7 nitrogen and oxygen atoms in total. The van der Waals surface area contributed by atoms with E-state index in [2.05, 4.69) is 10.5 Å². The van der Waals surface area contributed by atoms with Crippen molar-refractivity contribution in [3.63, 3.8) is 0 Å². The van der Waals surface area contributed by atoms with Crippen LogP contribution in [0.25, 0.3) is 10.8 Å². The standard InChI is InChI=1S/C21H18N2O5/c1-12-6-15(24)9-17(25)16(12)10-22-23-21(26)20-11-27-18-7-13-4-2-3-5-14(13)8-19(18)28-20/h2-10,20,24-25H,11H2,1H3,(H,23,26)/b22-10+/t20-/m0/s1. The van der Waals surface area contributed by atoms with Crippen molar-refractivity contribution >= 4 is 22.9 Å². The van der Waals surface area contributed by atoms with Crippen LogP contribution < -0.4 is 14.9 Å².